The molecular formula is C11H15F3N2O. The van der Waals surface area contributed by atoms with Gasteiger partial charge in [0.25, 0.3) is 5.91 Å². The molecule has 1 rings (SSSR count). The lowest BCUT2D eigenvalue weighted by Crippen LogP contribution is -2.25. The molecule has 1 aromatic heterocycles. The number of hydrogen-bond acceptors (Lipinski definition) is 1. The van der Waals surface area contributed by atoms with Gasteiger partial charge in [-0.2, -0.15) is 13.2 Å². The fraction of sp³-hybridized carbons (Fsp3) is 0.545. The summed E-state index contributed by atoms with van der Waals surface area (Å²) in [5.74, 6) is -0.516. The topological polar surface area (TPSA) is 34.0 Å². The largest absolute Gasteiger partial charge is 0.431 e. The summed E-state index contributed by atoms with van der Waals surface area (Å²) >= 11 is 0. The summed E-state index contributed by atoms with van der Waals surface area (Å²) in [7, 11) is 1.39. The van der Waals surface area contributed by atoms with Crippen molar-refractivity contribution in [2.75, 3.05) is 7.05 Å². The van der Waals surface area contributed by atoms with Crippen molar-refractivity contribution in [3.63, 3.8) is 0 Å². The molecule has 96 valence electrons. The standard InChI is InChI=1S/C11H15F3N2O/c1-6(2)16-8(10(17)15-4)5-7(3)9(16)11(12,13)14/h5-6H,1-4H3,(H,15,17). The van der Waals surface area contributed by atoms with Gasteiger partial charge in [-0.25, -0.2) is 0 Å². The highest BCUT2D eigenvalue weighted by atomic mass is 19.4. The fourth-order valence-corrected chi connectivity index (χ4v) is 1.85. The number of amides is 1. The SMILES string of the molecule is CNC(=O)c1cc(C)c(C(F)(F)F)n1C(C)C. The van der Waals surface area contributed by atoms with E-state index in [2.05, 4.69) is 5.32 Å². The van der Waals surface area contributed by atoms with Crippen LogP contribution < -0.4 is 5.32 Å². The van der Waals surface area contributed by atoms with Gasteiger partial charge in [0.2, 0.25) is 0 Å². The molecule has 0 saturated carbocycles. The maximum absolute atomic E-state index is 12.9. The molecule has 1 aromatic rings. The molecule has 0 aromatic carbocycles. The average Bonchev–Trinajstić information content (AvgIpc) is 2.54. The summed E-state index contributed by atoms with van der Waals surface area (Å²) < 4.78 is 39.7. The molecule has 0 bridgehead atoms. The molecule has 0 radical (unpaired) electrons. The van der Waals surface area contributed by atoms with E-state index in [9.17, 15) is 18.0 Å². The maximum atomic E-state index is 12.9. The lowest BCUT2D eigenvalue weighted by atomic mass is 10.2. The maximum Gasteiger partial charge on any atom is 0.431 e. The zero-order valence-corrected chi connectivity index (χ0v) is 10.1. The first-order chi connectivity index (χ1) is 7.70. The Hall–Kier alpha value is -1.46. The Morgan fingerprint density at radius 1 is 1.41 bits per heavy atom. The van der Waals surface area contributed by atoms with Crippen molar-refractivity contribution in [1.29, 1.82) is 0 Å². The van der Waals surface area contributed by atoms with Crippen LogP contribution in [0.4, 0.5) is 13.2 Å². The van der Waals surface area contributed by atoms with Crippen molar-refractivity contribution in [2.45, 2.75) is 33.0 Å². The van der Waals surface area contributed by atoms with Crippen LogP contribution in [0.1, 0.15) is 41.6 Å². The summed E-state index contributed by atoms with van der Waals surface area (Å²) in [5, 5.41) is 2.34. The lowest BCUT2D eigenvalue weighted by molar-refractivity contribution is -0.144. The number of carbonyl (C=O) groups is 1. The Bertz CT molecular complexity index is 433. The first kappa shape index (κ1) is 13.6. The molecule has 0 aliphatic rings. The van der Waals surface area contributed by atoms with Gasteiger partial charge in [0.05, 0.1) is 0 Å². The molecule has 3 nitrogen and oxygen atoms in total. The molecule has 17 heavy (non-hydrogen) atoms. The van der Waals surface area contributed by atoms with Gasteiger partial charge < -0.3 is 9.88 Å². The van der Waals surface area contributed by atoms with Crippen molar-refractivity contribution in [2.24, 2.45) is 0 Å². The molecule has 0 unspecified atom stereocenters. The van der Waals surface area contributed by atoms with E-state index in [0.717, 1.165) is 4.57 Å². The highest BCUT2D eigenvalue weighted by molar-refractivity contribution is 5.93. The van der Waals surface area contributed by atoms with E-state index in [1.165, 1.54) is 20.0 Å². The molecule has 6 heteroatoms. The summed E-state index contributed by atoms with van der Waals surface area (Å²) in [5.41, 5.74) is -0.664. The number of aryl methyl sites for hydroxylation is 1. The number of carbonyl (C=O) groups excluding carboxylic acids is 1. The second-order valence-electron chi connectivity index (χ2n) is 4.10. The predicted octanol–water partition coefficient (Wildman–Crippen LogP) is 2.76. The van der Waals surface area contributed by atoms with Crippen molar-refractivity contribution < 1.29 is 18.0 Å². The zero-order valence-electron chi connectivity index (χ0n) is 10.1. The van der Waals surface area contributed by atoms with Crippen molar-refractivity contribution in [3.8, 4) is 0 Å². The van der Waals surface area contributed by atoms with E-state index in [0.29, 0.717) is 0 Å². The van der Waals surface area contributed by atoms with Gasteiger partial charge >= 0.3 is 6.18 Å². The van der Waals surface area contributed by atoms with E-state index in [-0.39, 0.29) is 11.3 Å². The first-order valence-corrected chi connectivity index (χ1v) is 5.21. The summed E-state index contributed by atoms with van der Waals surface area (Å²) in [6.45, 7) is 4.58. The Labute approximate surface area is 97.6 Å². The number of alkyl halides is 3. The molecule has 0 saturated heterocycles. The summed E-state index contributed by atoms with van der Waals surface area (Å²) in [6, 6.07) is 0.828. The quantitative estimate of drug-likeness (QED) is 0.857. The van der Waals surface area contributed by atoms with E-state index in [4.69, 9.17) is 0 Å². The van der Waals surface area contributed by atoms with Gasteiger partial charge in [0.15, 0.2) is 0 Å². The average molecular weight is 248 g/mol. The van der Waals surface area contributed by atoms with Gasteiger partial charge in [-0.15, -0.1) is 0 Å². The van der Waals surface area contributed by atoms with Crippen LogP contribution in [-0.4, -0.2) is 17.5 Å². The Morgan fingerprint density at radius 3 is 2.29 bits per heavy atom. The van der Waals surface area contributed by atoms with Crippen LogP contribution in [0.15, 0.2) is 6.07 Å². The van der Waals surface area contributed by atoms with Crippen LogP contribution in [0, 0.1) is 6.92 Å². The third-order valence-corrected chi connectivity index (χ3v) is 2.47. The Morgan fingerprint density at radius 2 is 1.94 bits per heavy atom. The van der Waals surface area contributed by atoms with Crippen LogP contribution >= 0.6 is 0 Å². The third kappa shape index (κ3) is 2.45. The highest BCUT2D eigenvalue weighted by Crippen LogP contribution is 2.35. The highest BCUT2D eigenvalue weighted by Gasteiger charge is 2.38. The second-order valence-corrected chi connectivity index (χ2v) is 4.10. The van der Waals surface area contributed by atoms with Crippen LogP contribution in [0.2, 0.25) is 0 Å². The van der Waals surface area contributed by atoms with Gasteiger partial charge in [-0.1, -0.05) is 0 Å². The van der Waals surface area contributed by atoms with Crippen LogP contribution in [-0.2, 0) is 6.18 Å². The smallest absolute Gasteiger partial charge is 0.354 e. The van der Waals surface area contributed by atoms with E-state index < -0.39 is 23.8 Å². The summed E-state index contributed by atoms with van der Waals surface area (Å²) in [4.78, 5) is 11.5. The molecule has 0 spiro atoms. The Kier molecular flexibility index (Phi) is 3.54. The molecule has 1 amide bonds. The van der Waals surface area contributed by atoms with Gasteiger partial charge in [-0.3, -0.25) is 4.79 Å². The second kappa shape index (κ2) is 4.43. The van der Waals surface area contributed by atoms with Crippen molar-refractivity contribution in [3.05, 3.63) is 23.0 Å². The molecule has 0 aliphatic heterocycles. The lowest BCUT2D eigenvalue weighted by Gasteiger charge is -2.18. The molecule has 0 fully saturated rings. The molecule has 1 heterocycles. The van der Waals surface area contributed by atoms with Crippen molar-refractivity contribution in [1.82, 2.24) is 9.88 Å². The minimum atomic E-state index is -4.46. The molecule has 0 atom stereocenters. The number of halogens is 3. The number of aromatic nitrogens is 1. The third-order valence-electron chi connectivity index (χ3n) is 2.47. The minimum Gasteiger partial charge on any atom is -0.354 e. The number of hydrogen-bond donors (Lipinski definition) is 1. The molecule has 0 aliphatic carbocycles. The first-order valence-electron chi connectivity index (χ1n) is 5.21. The summed E-state index contributed by atoms with van der Waals surface area (Å²) in [6.07, 6.45) is -4.46. The monoisotopic (exact) mass is 248 g/mol. The molecular weight excluding hydrogens is 233 g/mol. The minimum absolute atomic E-state index is 0.0346. The van der Waals surface area contributed by atoms with E-state index in [1.54, 1.807) is 13.8 Å². The normalized spacial score (nSPS) is 12.0. The fourth-order valence-electron chi connectivity index (χ4n) is 1.85. The number of nitrogens with zero attached hydrogens (tertiary/aromatic N) is 1. The van der Waals surface area contributed by atoms with Gasteiger partial charge in [0, 0.05) is 13.1 Å². The van der Waals surface area contributed by atoms with Crippen molar-refractivity contribution >= 4 is 5.91 Å². The van der Waals surface area contributed by atoms with Crippen LogP contribution in [0.5, 0.6) is 0 Å². The number of nitrogens with one attached hydrogen (secondary N) is 1. The molecule has 1 N–H and O–H groups in total. The zero-order chi connectivity index (χ0) is 13.4. The van der Waals surface area contributed by atoms with Gasteiger partial charge in [-0.05, 0) is 32.4 Å². The van der Waals surface area contributed by atoms with E-state index >= 15 is 0 Å². The van der Waals surface area contributed by atoms with Crippen LogP contribution in [0.3, 0.4) is 0 Å². The van der Waals surface area contributed by atoms with E-state index in [1.807, 2.05) is 0 Å². The number of rotatable bonds is 2. The Balaban J connectivity index is 3.51. The predicted molar refractivity (Wildman–Crippen MR) is 57.9 cm³/mol. The van der Waals surface area contributed by atoms with Crippen LogP contribution in [0.25, 0.3) is 0 Å². The van der Waals surface area contributed by atoms with Gasteiger partial charge in [0.1, 0.15) is 11.4 Å².